The Morgan fingerprint density at radius 2 is 2.10 bits per heavy atom. The number of non-ortho nitro benzene ring substituents is 1. The molecule has 1 heterocycles. The molecule has 2 rings (SSSR count). The summed E-state index contributed by atoms with van der Waals surface area (Å²) in [5, 5.41) is 14.9. The van der Waals surface area contributed by atoms with Crippen LogP contribution in [0.1, 0.15) is 18.9 Å². The van der Waals surface area contributed by atoms with Crippen molar-refractivity contribution in [2.24, 2.45) is 0 Å². The first-order valence-corrected chi connectivity index (χ1v) is 7.60. The molecule has 1 N–H and O–H groups in total. The minimum Gasteiger partial charge on any atom is -0.385 e. The average molecular weight is 304 g/mol. The molecule has 0 aliphatic heterocycles. The number of hydrogen-bond donors (Lipinski definition) is 1. The van der Waals surface area contributed by atoms with E-state index in [1.165, 1.54) is 17.8 Å². The van der Waals surface area contributed by atoms with Crippen LogP contribution in [0.25, 0.3) is 0 Å². The van der Waals surface area contributed by atoms with Gasteiger partial charge in [0, 0.05) is 42.5 Å². The second-order valence-electron chi connectivity index (χ2n) is 4.35. The predicted molar refractivity (Wildman–Crippen MR) is 83.5 cm³/mol. The Hall–Kier alpha value is -2.15. The van der Waals surface area contributed by atoms with Crippen LogP contribution in [0.15, 0.2) is 41.8 Å². The molecule has 21 heavy (non-hydrogen) atoms. The van der Waals surface area contributed by atoms with E-state index < -0.39 is 0 Å². The minimum atomic E-state index is -0.378. The molecule has 0 saturated carbocycles. The van der Waals surface area contributed by atoms with Gasteiger partial charge < -0.3 is 5.32 Å². The zero-order valence-corrected chi connectivity index (χ0v) is 12.5. The molecular weight excluding hydrogens is 288 g/mol. The van der Waals surface area contributed by atoms with Crippen LogP contribution in [0.4, 0.5) is 11.4 Å². The lowest BCUT2D eigenvalue weighted by Crippen LogP contribution is -2.03. The number of aromatic nitrogens is 2. The first-order valence-electron chi connectivity index (χ1n) is 6.61. The largest absolute Gasteiger partial charge is 0.385 e. The van der Waals surface area contributed by atoms with Crippen molar-refractivity contribution in [3.8, 4) is 0 Å². The Morgan fingerprint density at radius 3 is 2.76 bits per heavy atom. The molecule has 2 aromatic rings. The SMILES string of the molecule is CCCNc1ccc([N+](=O)[O-])cc1CSc1ncccn1. The van der Waals surface area contributed by atoms with Gasteiger partial charge in [0.05, 0.1) is 4.92 Å². The molecule has 1 aromatic carbocycles. The van der Waals surface area contributed by atoms with Crippen LogP contribution >= 0.6 is 11.8 Å². The van der Waals surface area contributed by atoms with Crippen molar-refractivity contribution in [3.63, 3.8) is 0 Å². The minimum absolute atomic E-state index is 0.0987. The number of nitro groups is 1. The fraction of sp³-hybridized carbons (Fsp3) is 0.286. The maximum Gasteiger partial charge on any atom is 0.269 e. The molecule has 0 amide bonds. The van der Waals surface area contributed by atoms with Crippen LogP contribution < -0.4 is 5.32 Å². The summed E-state index contributed by atoms with van der Waals surface area (Å²) in [7, 11) is 0. The molecular formula is C14H16N4O2S. The molecule has 0 aliphatic carbocycles. The molecule has 7 heteroatoms. The maximum absolute atomic E-state index is 10.9. The van der Waals surface area contributed by atoms with Crippen molar-refractivity contribution in [1.29, 1.82) is 0 Å². The van der Waals surface area contributed by atoms with E-state index in [1.54, 1.807) is 30.6 Å². The Labute approximate surface area is 127 Å². The zero-order valence-electron chi connectivity index (χ0n) is 11.7. The van der Waals surface area contributed by atoms with Crippen molar-refractivity contribution < 1.29 is 4.92 Å². The normalized spacial score (nSPS) is 10.3. The van der Waals surface area contributed by atoms with Crippen LogP contribution in [0, 0.1) is 10.1 Å². The number of benzene rings is 1. The van der Waals surface area contributed by atoms with Crippen molar-refractivity contribution >= 4 is 23.1 Å². The third kappa shape index (κ3) is 4.42. The Balaban J connectivity index is 2.17. The summed E-state index contributed by atoms with van der Waals surface area (Å²) in [6.45, 7) is 2.90. The van der Waals surface area contributed by atoms with E-state index in [9.17, 15) is 10.1 Å². The van der Waals surface area contributed by atoms with E-state index in [4.69, 9.17) is 0 Å². The van der Waals surface area contributed by atoms with Crippen LogP contribution in [0.3, 0.4) is 0 Å². The monoisotopic (exact) mass is 304 g/mol. The lowest BCUT2D eigenvalue weighted by molar-refractivity contribution is -0.384. The topological polar surface area (TPSA) is 81.0 Å². The summed E-state index contributed by atoms with van der Waals surface area (Å²) in [6, 6.07) is 6.64. The van der Waals surface area contributed by atoms with Gasteiger partial charge in [0.15, 0.2) is 5.16 Å². The van der Waals surface area contributed by atoms with Gasteiger partial charge in [-0.2, -0.15) is 0 Å². The molecule has 0 aliphatic rings. The van der Waals surface area contributed by atoms with Crippen LogP contribution in [-0.4, -0.2) is 21.4 Å². The van der Waals surface area contributed by atoms with Gasteiger partial charge in [0.2, 0.25) is 0 Å². The van der Waals surface area contributed by atoms with Gasteiger partial charge in [0.25, 0.3) is 5.69 Å². The molecule has 0 bridgehead atoms. The number of nitrogens with zero attached hydrogens (tertiary/aromatic N) is 3. The summed E-state index contributed by atoms with van der Waals surface area (Å²) >= 11 is 1.46. The van der Waals surface area contributed by atoms with Gasteiger partial charge >= 0.3 is 0 Å². The number of nitrogens with one attached hydrogen (secondary N) is 1. The molecule has 0 atom stereocenters. The predicted octanol–water partition coefficient (Wildman–Crippen LogP) is 3.50. The lowest BCUT2D eigenvalue weighted by atomic mass is 10.1. The number of anilines is 1. The number of thioether (sulfide) groups is 1. The van der Waals surface area contributed by atoms with Crippen LogP contribution in [0.2, 0.25) is 0 Å². The molecule has 0 unspecified atom stereocenters. The first kappa shape index (κ1) is 15.2. The first-order chi connectivity index (χ1) is 10.2. The molecule has 0 fully saturated rings. The average Bonchev–Trinajstić information content (AvgIpc) is 2.52. The van der Waals surface area contributed by atoms with Gasteiger partial charge in [-0.1, -0.05) is 18.7 Å². The fourth-order valence-corrected chi connectivity index (χ4v) is 2.54. The van der Waals surface area contributed by atoms with Gasteiger partial charge in [-0.05, 0) is 24.1 Å². The van der Waals surface area contributed by atoms with Gasteiger partial charge in [-0.25, -0.2) is 9.97 Å². The summed E-state index contributed by atoms with van der Waals surface area (Å²) in [4.78, 5) is 18.8. The fourth-order valence-electron chi connectivity index (χ4n) is 1.75. The van der Waals surface area contributed by atoms with E-state index in [0.717, 1.165) is 24.2 Å². The highest BCUT2D eigenvalue weighted by Gasteiger charge is 2.11. The van der Waals surface area contributed by atoms with Gasteiger partial charge in [-0.15, -0.1) is 0 Å². The quantitative estimate of drug-likeness (QED) is 0.365. The Morgan fingerprint density at radius 1 is 1.33 bits per heavy atom. The molecule has 110 valence electrons. The van der Waals surface area contributed by atoms with Crippen LogP contribution in [0.5, 0.6) is 0 Å². The third-order valence-corrected chi connectivity index (χ3v) is 3.69. The molecule has 0 saturated heterocycles. The summed E-state index contributed by atoms with van der Waals surface area (Å²) < 4.78 is 0. The van der Waals surface area contributed by atoms with Crippen molar-refractivity contribution in [2.45, 2.75) is 24.3 Å². The van der Waals surface area contributed by atoms with Gasteiger partial charge in [-0.3, -0.25) is 10.1 Å². The Kier molecular flexibility index (Phi) is 5.51. The van der Waals surface area contributed by atoms with E-state index in [2.05, 4.69) is 22.2 Å². The van der Waals surface area contributed by atoms with E-state index >= 15 is 0 Å². The maximum atomic E-state index is 10.9. The number of nitro benzene ring substituents is 1. The Bertz CT molecular complexity index is 607. The smallest absolute Gasteiger partial charge is 0.269 e. The highest BCUT2D eigenvalue weighted by Crippen LogP contribution is 2.28. The highest BCUT2D eigenvalue weighted by atomic mass is 32.2. The second-order valence-corrected chi connectivity index (χ2v) is 5.29. The number of rotatable bonds is 7. The van der Waals surface area contributed by atoms with Crippen molar-refractivity contribution in [3.05, 3.63) is 52.3 Å². The van der Waals surface area contributed by atoms with Crippen molar-refractivity contribution in [2.75, 3.05) is 11.9 Å². The van der Waals surface area contributed by atoms with E-state index in [0.29, 0.717) is 10.9 Å². The zero-order chi connectivity index (χ0) is 15.1. The summed E-state index contributed by atoms with van der Waals surface area (Å²) in [5.74, 6) is 0.581. The standard InChI is InChI=1S/C14H16N4O2S/c1-2-6-15-13-5-4-12(18(19)20)9-11(13)10-21-14-16-7-3-8-17-14/h3-5,7-9,15H,2,6,10H2,1H3. The highest BCUT2D eigenvalue weighted by molar-refractivity contribution is 7.98. The molecule has 1 aromatic heterocycles. The van der Waals surface area contributed by atoms with Crippen molar-refractivity contribution in [1.82, 2.24) is 9.97 Å². The molecule has 0 radical (unpaired) electrons. The lowest BCUT2D eigenvalue weighted by Gasteiger charge is -2.10. The summed E-state index contributed by atoms with van der Waals surface area (Å²) in [5.41, 5.74) is 1.91. The van der Waals surface area contributed by atoms with Crippen LogP contribution in [-0.2, 0) is 5.75 Å². The second kappa shape index (κ2) is 7.58. The third-order valence-electron chi connectivity index (χ3n) is 2.76. The molecule has 6 nitrogen and oxygen atoms in total. The molecule has 0 spiro atoms. The number of hydrogen-bond acceptors (Lipinski definition) is 6. The summed E-state index contributed by atoms with van der Waals surface area (Å²) in [6.07, 6.45) is 4.35. The van der Waals surface area contributed by atoms with Gasteiger partial charge in [0.1, 0.15) is 0 Å². The van der Waals surface area contributed by atoms with E-state index in [1.807, 2.05) is 0 Å². The van der Waals surface area contributed by atoms with E-state index in [-0.39, 0.29) is 10.6 Å².